The third-order valence-electron chi connectivity index (χ3n) is 5.84. The van der Waals surface area contributed by atoms with Crippen LogP contribution in [0.4, 0.5) is 0 Å². The molecule has 29 heavy (non-hydrogen) atoms. The number of allylic oxidation sites excluding steroid dienone is 3. The van der Waals surface area contributed by atoms with E-state index in [0.717, 1.165) is 11.3 Å². The molecule has 2 heterocycles. The van der Waals surface area contributed by atoms with Crippen molar-refractivity contribution in [1.82, 2.24) is 10.0 Å². The SMILES string of the molecule is CC1(C)CC(=O)C2=C(C1)N(N1CCOCC1)C(N)=C(C#N)[C@@H]2c1ccccc1Cl. The molecule has 0 aromatic heterocycles. The van der Waals surface area contributed by atoms with Gasteiger partial charge in [0.05, 0.1) is 30.8 Å². The number of nitrogens with zero attached hydrogens (tertiary/aromatic N) is 3. The first kappa shape index (κ1) is 20.0. The Morgan fingerprint density at radius 1 is 1.24 bits per heavy atom. The highest BCUT2D eigenvalue weighted by molar-refractivity contribution is 6.31. The van der Waals surface area contributed by atoms with Crippen molar-refractivity contribution in [3.8, 4) is 6.07 Å². The van der Waals surface area contributed by atoms with E-state index in [2.05, 4.69) is 24.9 Å². The predicted molar refractivity (Wildman–Crippen MR) is 110 cm³/mol. The quantitative estimate of drug-likeness (QED) is 0.802. The number of nitriles is 1. The number of hydrogen-bond acceptors (Lipinski definition) is 6. The smallest absolute Gasteiger partial charge is 0.162 e. The van der Waals surface area contributed by atoms with E-state index < -0.39 is 5.92 Å². The maximum atomic E-state index is 13.4. The van der Waals surface area contributed by atoms with Gasteiger partial charge >= 0.3 is 0 Å². The highest BCUT2D eigenvalue weighted by atomic mass is 35.5. The van der Waals surface area contributed by atoms with E-state index in [4.69, 9.17) is 22.1 Å². The third kappa shape index (κ3) is 3.44. The maximum Gasteiger partial charge on any atom is 0.162 e. The van der Waals surface area contributed by atoms with E-state index >= 15 is 0 Å². The van der Waals surface area contributed by atoms with Crippen LogP contribution < -0.4 is 5.73 Å². The van der Waals surface area contributed by atoms with Crippen LogP contribution >= 0.6 is 11.6 Å². The normalized spacial score (nSPS) is 25.1. The largest absolute Gasteiger partial charge is 0.383 e. The summed E-state index contributed by atoms with van der Waals surface area (Å²) in [6.07, 6.45) is 1.13. The summed E-state index contributed by atoms with van der Waals surface area (Å²) in [6.45, 7) is 6.66. The van der Waals surface area contributed by atoms with Gasteiger partial charge in [0.15, 0.2) is 5.78 Å². The van der Waals surface area contributed by atoms with Crippen LogP contribution in [0.3, 0.4) is 0 Å². The molecule has 1 aromatic carbocycles. The van der Waals surface area contributed by atoms with Crippen LogP contribution in [0, 0.1) is 16.7 Å². The lowest BCUT2D eigenvalue weighted by Gasteiger charge is -2.48. The van der Waals surface area contributed by atoms with E-state index in [1.807, 2.05) is 23.2 Å². The van der Waals surface area contributed by atoms with E-state index in [1.54, 1.807) is 6.07 Å². The van der Waals surface area contributed by atoms with Crippen molar-refractivity contribution in [3.63, 3.8) is 0 Å². The Kier molecular flexibility index (Phi) is 5.16. The van der Waals surface area contributed by atoms with E-state index in [0.29, 0.717) is 61.1 Å². The average molecular weight is 413 g/mol. The standard InChI is InChI=1S/C22H25ClN4O2/c1-22(2)11-17-20(18(28)12-22)19(14-5-3-4-6-16(14)23)15(13-24)21(25)27(17)26-7-9-29-10-8-26/h3-6,19H,7-12,25H2,1-2H3/t19-/m0/s1. The number of carbonyl (C=O) groups excluding carboxylic acids is 1. The van der Waals surface area contributed by atoms with Gasteiger partial charge in [0.2, 0.25) is 0 Å². The Balaban J connectivity index is 1.94. The molecule has 0 saturated carbocycles. The lowest BCUT2D eigenvalue weighted by atomic mass is 9.69. The number of hydrogen-bond donors (Lipinski definition) is 1. The molecule has 1 aromatic rings. The summed E-state index contributed by atoms with van der Waals surface area (Å²) in [7, 11) is 0. The van der Waals surface area contributed by atoms with Gasteiger partial charge in [-0.3, -0.25) is 9.80 Å². The molecular formula is C22H25ClN4O2. The Morgan fingerprint density at radius 3 is 2.59 bits per heavy atom. The summed E-state index contributed by atoms with van der Waals surface area (Å²) >= 11 is 6.50. The molecule has 0 amide bonds. The minimum Gasteiger partial charge on any atom is -0.383 e. The van der Waals surface area contributed by atoms with E-state index in [9.17, 15) is 10.1 Å². The Morgan fingerprint density at radius 2 is 1.93 bits per heavy atom. The lowest BCUT2D eigenvalue weighted by Crippen LogP contribution is -2.53. The van der Waals surface area contributed by atoms with Gasteiger partial charge in [-0.25, -0.2) is 5.01 Å². The fourth-order valence-corrected chi connectivity index (χ4v) is 4.83. The fourth-order valence-electron chi connectivity index (χ4n) is 4.59. The molecule has 2 N–H and O–H groups in total. The monoisotopic (exact) mass is 412 g/mol. The number of benzene rings is 1. The van der Waals surface area contributed by atoms with Crippen LogP contribution in [0.5, 0.6) is 0 Å². The number of hydrazine groups is 1. The number of Topliss-reactive ketones (excluding diaryl/α,β-unsaturated/α-hetero) is 1. The number of morpholine rings is 1. The van der Waals surface area contributed by atoms with Gasteiger partial charge in [-0.05, 0) is 23.5 Å². The van der Waals surface area contributed by atoms with Crippen molar-refractivity contribution in [2.45, 2.75) is 32.6 Å². The van der Waals surface area contributed by atoms with Gasteiger partial charge in [-0.1, -0.05) is 43.6 Å². The number of nitrogens with two attached hydrogens (primary N) is 1. The van der Waals surface area contributed by atoms with Crippen molar-refractivity contribution >= 4 is 17.4 Å². The zero-order valence-electron chi connectivity index (χ0n) is 16.7. The first-order valence-electron chi connectivity index (χ1n) is 9.87. The maximum absolute atomic E-state index is 13.4. The molecule has 7 heteroatoms. The molecule has 152 valence electrons. The summed E-state index contributed by atoms with van der Waals surface area (Å²) in [5, 5.41) is 14.6. The molecule has 6 nitrogen and oxygen atoms in total. The molecule has 4 rings (SSSR count). The number of ketones is 1. The van der Waals surface area contributed by atoms with Crippen LogP contribution in [0.15, 0.2) is 46.9 Å². The Labute approximate surface area is 176 Å². The molecule has 0 radical (unpaired) electrons. The molecule has 1 saturated heterocycles. The second-order valence-corrected chi connectivity index (χ2v) is 8.95. The molecular weight excluding hydrogens is 388 g/mol. The van der Waals surface area contributed by atoms with Crippen molar-refractivity contribution in [3.05, 3.63) is 57.5 Å². The second kappa shape index (κ2) is 7.49. The zero-order chi connectivity index (χ0) is 20.8. The number of halogens is 1. The topological polar surface area (TPSA) is 82.6 Å². The summed E-state index contributed by atoms with van der Waals surface area (Å²) in [5.74, 6) is -0.104. The Hall–Kier alpha value is -2.33. The summed E-state index contributed by atoms with van der Waals surface area (Å²) in [6, 6.07) is 9.66. The number of ether oxygens (including phenoxy) is 1. The van der Waals surface area contributed by atoms with Crippen molar-refractivity contribution in [2.24, 2.45) is 11.1 Å². The Bertz CT molecular complexity index is 954. The van der Waals surface area contributed by atoms with Crippen LogP contribution in [0.1, 0.15) is 38.2 Å². The van der Waals surface area contributed by atoms with Gasteiger partial charge in [-0.15, -0.1) is 0 Å². The molecule has 0 spiro atoms. The lowest BCUT2D eigenvalue weighted by molar-refractivity contribution is -0.119. The van der Waals surface area contributed by atoms with Crippen molar-refractivity contribution in [1.29, 1.82) is 5.26 Å². The van der Waals surface area contributed by atoms with E-state index in [1.165, 1.54) is 0 Å². The highest BCUT2D eigenvalue weighted by Crippen LogP contribution is 2.50. The number of carbonyl (C=O) groups is 1. The molecule has 1 atom stereocenters. The fraction of sp³-hybridized carbons (Fsp3) is 0.455. The van der Waals surface area contributed by atoms with Gasteiger partial charge in [0.25, 0.3) is 0 Å². The highest BCUT2D eigenvalue weighted by Gasteiger charge is 2.46. The second-order valence-electron chi connectivity index (χ2n) is 8.54. The first-order valence-corrected chi connectivity index (χ1v) is 10.2. The van der Waals surface area contributed by atoms with Gasteiger partial charge in [0.1, 0.15) is 5.82 Å². The van der Waals surface area contributed by atoms with Crippen LogP contribution in [-0.2, 0) is 9.53 Å². The molecule has 3 aliphatic rings. The molecule has 2 aliphatic heterocycles. The molecule has 0 bridgehead atoms. The van der Waals surface area contributed by atoms with Crippen molar-refractivity contribution in [2.75, 3.05) is 26.3 Å². The van der Waals surface area contributed by atoms with Crippen LogP contribution in [0.25, 0.3) is 0 Å². The molecule has 0 unspecified atom stereocenters. The van der Waals surface area contributed by atoms with Gasteiger partial charge in [-0.2, -0.15) is 5.26 Å². The molecule has 1 aliphatic carbocycles. The van der Waals surface area contributed by atoms with Crippen LogP contribution in [-0.4, -0.2) is 42.1 Å². The minimum absolute atomic E-state index is 0.0553. The predicted octanol–water partition coefficient (Wildman–Crippen LogP) is 3.32. The molecule has 1 fully saturated rings. The van der Waals surface area contributed by atoms with E-state index in [-0.39, 0.29) is 11.2 Å². The van der Waals surface area contributed by atoms with Crippen molar-refractivity contribution < 1.29 is 9.53 Å². The zero-order valence-corrected chi connectivity index (χ0v) is 17.5. The third-order valence-corrected chi connectivity index (χ3v) is 6.18. The van der Waals surface area contributed by atoms with Gasteiger partial charge < -0.3 is 10.5 Å². The summed E-state index contributed by atoms with van der Waals surface area (Å²) < 4.78 is 5.49. The number of rotatable bonds is 2. The summed E-state index contributed by atoms with van der Waals surface area (Å²) in [4.78, 5) is 13.4. The minimum atomic E-state index is -0.537. The summed E-state index contributed by atoms with van der Waals surface area (Å²) in [5.41, 5.74) is 9.06. The first-order chi connectivity index (χ1) is 13.8. The van der Waals surface area contributed by atoms with Gasteiger partial charge in [0, 0.05) is 35.8 Å². The average Bonchev–Trinajstić information content (AvgIpc) is 2.67. The van der Waals surface area contributed by atoms with Crippen LogP contribution in [0.2, 0.25) is 5.02 Å².